The van der Waals surface area contributed by atoms with E-state index in [-0.39, 0.29) is 18.2 Å². The molecule has 1 aliphatic heterocycles. The molecule has 5 heteroatoms. The van der Waals surface area contributed by atoms with Crippen LogP contribution >= 0.6 is 0 Å². The maximum Gasteiger partial charge on any atom is 0.319 e. The highest BCUT2D eigenvalue weighted by molar-refractivity contribution is 5.89. The van der Waals surface area contributed by atoms with Crippen LogP contribution in [0, 0.1) is 0 Å². The van der Waals surface area contributed by atoms with Gasteiger partial charge in [0, 0.05) is 31.0 Å². The number of nitrogens with zero attached hydrogens (tertiary/aromatic N) is 1. The number of rotatable bonds is 5. The molecule has 0 radical (unpaired) electrons. The maximum atomic E-state index is 12.1. The molecule has 26 heavy (non-hydrogen) atoms. The molecular weight excluding hydrogens is 326 g/mol. The average molecular weight is 357 g/mol. The van der Waals surface area contributed by atoms with Crippen molar-refractivity contribution >= 4 is 17.4 Å². The van der Waals surface area contributed by atoms with Crippen molar-refractivity contribution in [3.05, 3.63) is 35.9 Å². The van der Waals surface area contributed by atoms with Crippen molar-refractivity contribution in [2.45, 2.75) is 58.2 Å². The molecule has 2 atom stereocenters. The summed E-state index contributed by atoms with van der Waals surface area (Å²) in [7, 11) is 0. The number of carbonyl (C=O) groups is 1. The molecule has 1 fully saturated rings. The first-order valence-corrected chi connectivity index (χ1v) is 9.83. The van der Waals surface area contributed by atoms with Gasteiger partial charge in [0.15, 0.2) is 0 Å². The van der Waals surface area contributed by atoms with Crippen molar-refractivity contribution < 1.29 is 9.53 Å². The van der Waals surface area contributed by atoms with Gasteiger partial charge >= 0.3 is 6.03 Å². The summed E-state index contributed by atoms with van der Waals surface area (Å²) in [5, 5.41) is 5.86. The van der Waals surface area contributed by atoms with Crippen molar-refractivity contribution in [1.82, 2.24) is 5.32 Å². The molecule has 0 aromatic heterocycles. The van der Waals surface area contributed by atoms with Crippen LogP contribution in [-0.4, -0.2) is 37.9 Å². The van der Waals surface area contributed by atoms with Gasteiger partial charge in [0.25, 0.3) is 0 Å². The number of allylic oxidation sites excluding steroid dienone is 1. The van der Waals surface area contributed by atoms with Crippen molar-refractivity contribution in [2.75, 3.05) is 29.9 Å². The number of benzene rings is 1. The van der Waals surface area contributed by atoms with Crippen LogP contribution in [0.3, 0.4) is 0 Å². The molecule has 1 aromatic carbocycles. The molecule has 1 heterocycles. The predicted octanol–water partition coefficient (Wildman–Crippen LogP) is 4.31. The van der Waals surface area contributed by atoms with E-state index in [9.17, 15) is 4.79 Å². The summed E-state index contributed by atoms with van der Waals surface area (Å²) in [6.07, 6.45) is 8.72. The van der Waals surface area contributed by atoms with Crippen molar-refractivity contribution in [1.29, 1.82) is 0 Å². The Labute approximate surface area is 156 Å². The van der Waals surface area contributed by atoms with E-state index >= 15 is 0 Å². The molecular formula is C21H31N3O2. The number of nitrogens with one attached hydrogen (secondary N) is 2. The van der Waals surface area contributed by atoms with Gasteiger partial charge in [-0.2, -0.15) is 0 Å². The fraction of sp³-hybridized carbons (Fsp3) is 0.571. The minimum absolute atomic E-state index is 0.136. The molecule has 2 amide bonds. The predicted molar refractivity (Wildman–Crippen MR) is 107 cm³/mol. The Bertz CT molecular complexity index is 617. The fourth-order valence-electron chi connectivity index (χ4n) is 3.79. The SMILES string of the molecule is CC1CN(c2ccc(NC(=O)NCCC3=CCCCC3)cc2)CC(C)O1. The quantitative estimate of drug-likeness (QED) is 0.772. The highest BCUT2D eigenvalue weighted by atomic mass is 16.5. The van der Waals surface area contributed by atoms with E-state index in [2.05, 4.69) is 47.6 Å². The molecule has 0 saturated carbocycles. The Morgan fingerprint density at radius 1 is 1.15 bits per heavy atom. The van der Waals surface area contributed by atoms with E-state index in [0.29, 0.717) is 6.54 Å². The molecule has 2 N–H and O–H groups in total. The molecule has 1 aromatic rings. The molecule has 142 valence electrons. The first kappa shape index (κ1) is 18.8. The second-order valence-corrected chi connectivity index (χ2v) is 7.45. The lowest BCUT2D eigenvalue weighted by Gasteiger charge is -2.36. The summed E-state index contributed by atoms with van der Waals surface area (Å²) in [6.45, 7) is 6.69. The second-order valence-electron chi connectivity index (χ2n) is 7.45. The third-order valence-corrected chi connectivity index (χ3v) is 5.03. The Morgan fingerprint density at radius 2 is 1.88 bits per heavy atom. The average Bonchev–Trinajstić information content (AvgIpc) is 2.62. The van der Waals surface area contributed by atoms with Crippen LogP contribution in [-0.2, 0) is 4.74 Å². The number of morpholine rings is 1. The number of amides is 2. The summed E-state index contributed by atoms with van der Waals surface area (Å²) in [5.74, 6) is 0. The largest absolute Gasteiger partial charge is 0.372 e. The monoisotopic (exact) mass is 357 g/mol. The van der Waals surface area contributed by atoms with E-state index in [1.807, 2.05) is 12.1 Å². The summed E-state index contributed by atoms with van der Waals surface area (Å²) in [6, 6.07) is 7.91. The van der Waals surface area contributed by atoms with Crippen LogP contribution in [0.4, 0.5) is 16.2 Å². The lowest BCUT2D eigenvalue weighted by molar-refractivity contribution is -0.00521. The second kappa shape index (κ2) is 9.08. The maximum absolute atomic E-state index is 12.1. The van der Waals surface area contributed by atoms with Gasteiger partial charge in [0.1, 0.15) is 0 Å². The first-order valence-electron chi connectivity index (χ1n) is 9.83. The van der Waals surface area contributed by atoms with E-state index < -0.39 is 0 Å². The van der Waals surface area contributed by atoms with E-state index in [0.717, 1.165) is 25.2 Å². The zero-order chi connectivity index (χ0) is 18.4. The van der Waals surface area contributed by atoms with Gasteiger partial charge in [-0.1, -0.05) is 11.6 Å². The molecule has 1 aliphatic carbocycles. The van der Waals surface area contributed by atoms with Gasteiger partial charge in [-0.15, -0.1) is 0 Å². The van der Waals surface area contributed by atoms with Crippen molar-refractivity contribution in [3.63, 3.8) is 0 Å². The zero-order valence-corrected chi connectivity index (χ0v) is 16.0. The first-order chi connectivity index (χ1) is 12.6. The molecule has 2 aliphatic rings. The highest BCUT2D eigenvalue weighted by Gasteiger charge is 2.22. The van der Waals surface area contributed by atoms with Crippen LogP contribution < -0.4 is 15.5 Å². The van der Waals surface area contributed by atoms with E-state index in [4.69, 9.17) is 4.74 Å². The molecule has 5 nitrogen and oxygen atoms in total. The number of ether oxygens (including phenoxy) is 1. The Morgan fingerprint density at radius 3 is 2.54 bits per heavy atom. The van der Waals surface area contributed by atoms with Gasteiger partial charge in [-0.3, -0.25) is 0 Å². The smallest absolute Gasteiger partial charge is 0.319 e. The number of hydrogen-bond acceptors (Lipinski definition) is 3. The van der Waals surface area contributed by atoms with Gasteiger partial charge in [0.2, 0.25) is 0 Å². The molecule has 3 rings (SSSR count). The third kappa shape index (κ3) is 5.49. The van der Waals surface area contributed by atoms with Crippen LogP contribution in [0.25, 0.3) is 0 Å². The normalized spacial score (nSPS) is 23.3. The Hall–Kier alpha value is -2.01. The number of urea groups is 1. The minimum atomic E-state index is -0.136. The highest BCUT2D eigenvalue weighted by Crippen LogP contribution is 2.22. The van der Waals surface area contributed by atoms with Crippen LogP contribution in [0.5, 0.6) is 0 Å². The van der Waals surface area contributed by atoms with E-state index in [1.54, 1.807) is 0 Å². The summed E-state index contributed by atoms with van der Waals surface area (Å²) in [5.41, 5.74) is 3.47. The van der Waals surface area contributed by atoms with Crippen LogP contribution in [0.15, 0.2) is 35.9 Å². The lowest BCUT2D eigenvalue weighted by Crippen LogP contribution is -2.45. The number of hydrogen-bond donors (Lipinski definition) is 2. The Kier molecular flexibility index (Phi) is 6.56. The molecule has 0 spiro atoms. The zero-order valence-electron chi connectivity index (χ0n) is 16.0. The van der Waals surface area contributed by atoms with E-state index in [1.165, 1.54) is 36.9 Å². The lowest BCUT2D eigenvalue weighted by atomic mass is 9.97. The van der Waals surface area contributed by atoms with Gasteiger partial charge in [0.05, 0.1) is 12.2 Å². The summed E-state index contributed by atoms with van der Waals surface area (Å²) >= 11 is 0. The van der Waals surface area contributed by atoms with Crippen LogP contribution in [0.1, 0.15) is 46.0 Å². The van der Waals surface area contributed by atoms with Crippen molar-refractivity contribution in [2.24, 2.45) is 0 Å². The Balaban J connectivity index is 1.44. The molecule has 1 saturated heterocycles. The number of carbonyl (C=O) groups excluding carboxylic acids is 1. The minimum Gasteiger partial charge on any atom is -0.372 e. The van der Waals surface area contributed by atoms with Crippen molar-refractivity contribution in [3.8, 4) is 0 Å². The molecule has 2 unspecified atom stereocenters. The fourth-order valence-corrected chi connectivity index (χ4v) is 3.79. The van der Waals surface area contributed by atoms with Gasteiger partial charge in [-0.05, 0) is 70.2 Å². The summed E-state index contributed by atoms with van der Waals surface area (Å²) < 4.78 is 5.78. The van der Waals surface area contributed by atoms with Gasteiger partial charge in [-0.25, -0.2) is 4.79 Å². The summed E-state index contributed by atoms with van der Waals surface area (Å²) in [4.78, 5) is 14.4. The van der Waals surface area contributed by atoms with Gasteiger partial charge < -0.3 is 20.3 Å². The standard InChI is InChI=1S/C21H31N3O2/c1-16-14-24(15-17(2)26-16)20-10-8-19(9-11-20)23-21(25)22-13-12-18-6-4-3-5-7-18/h6,8-11,16-17H,3-5,7,12-15H2,1-2H3,(H2,22,23,25). The third-order valence-electron chi connectivity index (χ3n) is 5.03. The molecule has 0 bridgehead atoms. The topological polar surface area (TPSA) is 53.6 Å². The van der Waals surface area contributed by atoms with Crippen LogP contribution in [0.2, 0.25) is 0 Å². The number of anilines is 2.